The second kappa shape index (κ2) is 6.57. The molecule has 26 heavy (non-hydrogen) atoms. The van der Waals surface area contributed by atoms with Crippen LogP contribution in [0.15, 0.2) is 39.8 Å². The van der Waals surface area contributed by atoms with E-state index in [1.807, 2.05) is 18.2 Å². The van der Waals surface area contributed by atoms with Gasteiger partial charge in [0, 0.05) is 24.5 Å². The number of hydrogen-bond donors (Lipinski definition) is 1. The third-order valence-electron chi connectivity index (χ3n) is 5.23. The van der Waals surface area contributed by atoms with Crippen LogP contribution in [-0.2, 0) is 11.3 Å². The summed E-state index contributed by atoms with van der Waals surface area (Å²) >= 11 is 0. The van der Waals surface area contributed by atoms with E-state index < -0.39 is 0 Å². The molecule has 1 aromatic carbocycles. The van der Waals surface area contributed by atoms with Gasteiger partial charge in [0.1, 0.15) is 17.6 Å². The zero-order valence-corrected chi connectivity index (χ0v) is 14.7. The van der Waals surface area contributed by atoms with Crippen LogP contribution in [0.5, 0.6) is 0 Å². The van der Waals surface area contributed by atoms with Gasteiger partial charge in [-0.3, -0.25) is 14.2 Å². The molecule has 7 nitrogen and oxygen atoms in total. The molecule has 0 spiro atoms. The first-order chi connectivity index (χ1) is 12.6. The van der Waals surface area contributed by atoms with Gasteiger partial charge in [-0.2, -0.15) is 0 Å². The maximum Gasteiger partial charge on any atom is 0.297 e. The van der Waals surface area contributed by atoms with Crippen molar-refractivity contribution in [3.8, 4) is 0 Å². The number of amides is 1. The van der Waals surface area contributed by atoms with E-state index in [9.17, 15) is 9.59 Å². The monoisotopic (exact) mass is 354 g/mol. The zero-order chi connectivity index (χ0) is 18.3. The Morgan fingerprint density at radius 3 is 3.00 bits per heavy atom. The maximum atomic E-state index is 12.8. The van der Waals surface area contributed by atoms with Crippen molar-refractivity contribution in [1.82, 2.24) is 14.5 Å². The van der Waals surface area contributed by atoms with Crippen molar-refractivity contribution < 1.29 is 9.21 Å². The number of carbonyl (C=O) groups is 1. The Hall–Kier alpha value is -2.67. The molecule has 7 heteroatoms. The quantitative estimate of drug-likeness (QED) is 0.773. The number of piperidine rings is 1. The molecule has 2 unspecified atom stereocenters. The average molecular weight is 354 g/mol. The lowest BCUT2D eigenvalue weighted by molar-refractivity contribution is -0.136. The number of hydrogen-bond acceptors (Lipinski definition) is 5. The predicted molar refractivity (Wildman–Crippen MR) is 98.7 cm³/mol. The number of benzene rings is 1. The van der Waals surface area contributed by atoms with Gasteiger partial charge < -0.3 is 15.1 Å². The van der Waals surface area contributed by atoms with Crippen molar-refractivity contribution in [2.45, 2.75) is 32.4 Å². The van der Waals surface area contributed by atoms with Gasteiger partial charge in [0.2, 0.25) is 11.5 Å². The Labute approximate surface area is 150 Å². The first-order valence-corrected chi connectivity index (χ1v) is 8.94. The molecule has 0 aliphatic carbocycles. The minimum absolute atomic E-state index is 0.0323. The maximum absolute atomic E-state index is 12.8. The van der Waals surface area contributed by atoms with E-state index in [4.69, 9.17) is 10.2 Å². The van der Waals surface area contributed by atoms with E-state index in [1.165, 1.54) is 10.9 Å². The standard InChI is InChI=1S/C19H22N4O3/c1-12-6-7-23(13(8-12)9-20)16(24)10-22-11-21-17-14-4-2-3-5-15(14)26-18(17)19(22)25/h2-5,11-13H,6-10,20H2,1H3. The minimum Gasteiger partial charge on any atom is -0.448 e. The summed E-state index contributed by atoms with van der Waals surface area (Å²) in [4.78, 5) is 31.7. The van der Waals surface area contributed by atoms with Crippen LogP contribution in [0.1, 0.15) is 19.8 Å². The lowest BCUT2D eigenvalue weighted by atomic mass is 9.92. The number of nitrogens with zero attached hydrogens (tertiary/aromatic N) is 3. The Kier molecular flexibility index (Phi) is 4.24. The first kappa shape index (κ1) is 16.8. The van der Waals surface area contributed by atoms with Gasteiger partial charge >= 0.3 is 0 Å². The molecule has 2 atom stereocenters. The van der Waals surface area contributed by atoms with Crippen LogP contribution in [0, 0.1) is 5.92 Å². The molecule has 1 aliphatic heterocycles. The highest BCUT2D eigenvalue weighted by molar-refractivity contribution is 6.01. The fraction of sp³-hybridized carbons (Fsp3) is 0.421. The van der Waals surface area contributed by atoms with E-state index in [2.05, 4.69) is 11.9 Å². The summed E-state index contributed by atoms with van der Waals surface area (Å²) in [7, 11) is 0. The summed E-state index contributed by atoms with van der Waals surface area (Å²) in [5.41, 5.74) is 6.83. The van der Waals surface area contributed by atoms with Gasteiger partial charge in [0.15, 0.2) is 0 Å². The van der Waals surface area contributed by atoms with Crippen LogP contribution in [0.4, 0.5) is 0 Å². The van der Waals surface area contributed by atoms with E-state index in [-0.39, 0.29) is 29.6 Å². The lowest BCUT2D eigenvalue weighted by Crippen LogP contribution is -2.50. The molecule has 0 bridgehead atoms. The summed E-state index contributed by atoms with van der Waals surface area (Å²) in [6, 6.07) is 7.41. The molecule has 2 N–H and O–H groups in total. The summed E-state index contributed by atoms with van der Waals surface area (Å²) in [5, 5.41) is 0.797. The fourth-order valence-corrected chi connectivity index (χ4v) is 3.77. The Bertz CT molecular complexity index is 1020. The second-order valence-corrected chi connectivity index (χ2v) is 7.06. The molecule has 0 radical (unpaired) electrons. The number of aromatic nitrogens is 2. The third kappa shape index (κ3) is 2.78. The lowest BCUT2D eigenvalue weighted by Gasteiger charge is -2.38. The average Bonchev–Trinajstić information content (AvgIpc) is 3.03. The van der Waals surface area contributed by atoms with Crippen molar-refractivity contribution in [2.24, 2.45) is 11.7 Å². The van der Waals surface area contributed by atoms with Gasteiger partial charge in [-0.15, -0.1) is 0 Å². The summed E-state index contributed by atoms with van der Waals surface area (Å²) in [6.07, 6.45) is 3.28. The van der Waals surface area contributed by atoms with Crippen molar-refractivity contribution >= 4 is 28.0 Å². The summed E-state index contributed by atoms with van der Waals surface area (Å²) < 4.78 is 6.98. The van der Waals surface area contributed by atoms with Crippen LogP contribution in [-0.4, -0.2) is 39.5 Å². The molecule has 0 saturated carbocycles. The molecular weight excluding hydrogens is 332 g/mol. The Balaban J connectivity index is 1.65. The summed E-state index contributed by atoms with van der Waals surface area (Å²) in [6.45, 7) is 3.24. The smallest absolute Gasteiger partial charge is 0.297 e. The molecule has 2 aromatic heterocycles. The molecule has 1 fully saturated rings. The fourth-order valence-electron chi connectivity index (χ4n) is 3.77. The number of likely N-dealkylation sites (tertiary alicyclic amines) is 1. The largest absolute Gasteiger partial charge is 0.448 e. The van der Waals surface area contributed by atoms with Crippen LogP contribution < -0.4 is 11.3 Å². The molecule has 1 aliphatic rings. The number of para-hydroxylation sites is 1. The van der Waals surface area contributed by atoms with Crippen LogP contribution >= 0.6 is 0 Å². The van der Waals surface area contributed by atoms with Gasteiger partial charge in [-0.25, -0.2) is 4.98 Å². The molecule has 4 rings (SSSR count). The number of nitrogens with two attached hydrogens (primary N) is 1. The van der Waals surface area contributed by atoms with Gasteiger partial charge in [-0.05, 0) is 30.9 Å². The SMILES string of the molecule is CC1CCN(C(=O)Cn2cnc3c(oc4ccccc43)c2=O)C(CN)C1. The van der Waals surface area contributed by atoms with Crippen LogP contribution in [0.3, 0.4) is 0 Å². The number of rotatable bonds is 3. The third-order valence-corrected chi connectivity index (χ3v) is 5.23. The number of furan rings is 1. The Morgan fingerprint density at radius 1 is 1.38 bits per heavy atom. The second-order valence-electron chi connectivity index (χ2n) is 7.06. The number of fused-ring (bicyclic) bond motifs is 3. The zero-order valence-electron chi connectivity index (χ0n) is 14.7. The topological polar surface area (TPSA) is 94.4 Å². The van der Waals surface area contributed by atoms with E-state index >= 15 is 0 Å². The molecule has 136 valence electrons. The minimum atomic E-state index is -0.339. The Morgan fingerprint density at radius 2 is 2.19 bits per heavy atom. The van der Waals surface area contributed by atoms with Gasteiger partial charge in [0.05, 0.1) is 6.33 Å². The summed E-state index contributed by atoms with van der Waals surface area (Å²) in [5.74, 6) is 0.454. The van der Waals surface area contributed by atoms with Crippen LogP contribution in [0.25, 0.3) is 22.1 Å². The van der Waals surface area contributed by atoms with Gasteiger partial charge in [-0.1, -0.05) is 19.1 Å². The van der Waals surface area contributed by atoms with E-state index in [0.717, 1.165) is 18.2 Å². The molecule has 1 amide bonds. The highest BCUT2D eigenvalue weighted by atomic mass is 16.3. The number of carbonyl (C=O) groups excluding carboxylic acids is 1. The van der Waals surface area contributed by atoms with Crippen molar-refractivity contribution in [3.05, 3.63) is 40.9 Å². The highest BCUT2D eigenvalue weighted by Gasteiger charge is 2.29. The highest BCUT2D eigenvalue weighted by Crippen LogP contribution is 2.24. The molecule has 3 aromatic rings. The first-order valence-electron chi connectivity index (χ1n) is 8.94. The molecular formula is C19H22N4O3. The van der Waals surface area contributed by atoms with Crippen LogP contribution in [0.2, 0.25) is 0 Å². The predicted octanol–water partition coefficient (Wildman–Crippen LogP) is 1.73. The van der Waals surface area contributed by atoms with Gasteiger partial charge in [0.25, 0.3) is 5.56 Å². The van der Waals surface area contributed by atoms with E-state index in [1.54, 1.807) is 11.0 Å². The van der Waals surface area contributed by atoms with E-state index in [0.29, 0.717) is 30.1 Å². The van der Waals surface area contributed by atoms with Crippen molar-refractivity contribution in [1.29, 1.82) is 0 Å². The molecule has 3 heterocycles. The van der Waals surface area contributed by atoms with Crippen molar-refractivity contribution in [2.75, 3.05) is 13.1 Å². The van der Waals surface area contributed by atoms with Crippen molar-refractivity contribution in [3.63, 3.8) is 0 Å². The molecule has 1 saturated heterocycles. The normalized spacial score (nSPS) is 20.8.